The molecule has 2 heteroatoms. The summed E-state index contributed by atoms with van der Waals surface area (Å²) in [5.41, 5.74) is 2.57. The first-order chi connectivity index (χ1) is 9.72. The number of para-hydroxylation sites is 1. The zero-order valence-corrected chi connectivity index (χ0v) is 12.5. The fourth-order valence-electron chi connectivity index (χ4n) is 2.39. The molecule has 0 saturated heterocycles. The summed E-state index contributed by atoms with van der Waals surface area (Å²) in [6.45, 7) is 5.37. The molecule has 0 heterocycles. The van der Waals surface area contributed by atoms with Gasteiger partial charge in [0.25, 0.3) is 0 Å². The molecule has 2 aromatic carbocycles. The molecule has 0 aliphatic rings. The smallest absolute Gasteiger partial charge is 0.123 e. The van der Waals surface area contributed by atoms with Crippen molar-refractivity contribution in [2.24, 2.45) is 0 Å². The highest BCUT2D eigenvalue weighted by atomic mass is 16.5. The maximum atomic E-state index is 5.42. The minimum Gasteiger partial charge on any atom is -0.496 e. The van der Waals surface area contributed by atoms with E-state index in [2.05, 4.69) is 61.6 Å². The monoisotopic (exact) mass is 269 g/mol. The lowest BCUT2D eigenvalue weighted by Crippen LogP contribution is -2.24. The molecule has 0 aromatic heterocycles. The minimum atomic E-state index is 0.275. The van der Waals surface area contributed by atoms with Crippen LogP contribution in [0, 0.1) is 0 Å². The van der Waals surface area contributed by atoms with Gasteiger partial charge in [-0.3, -0.25) is 0 Å². The third kappa shape index (κ3) is 3.61. The van der Waals surface area contributed by atoms with Crippen molar-refractivity contribution in [1.82, 2.24) is 5.32 Å². The van der Waals surface area contributed by atoms with Crippen molar-refractivity contribution in [2.75, 3.05) is 13.7 Å². The van der Waals surface area contributed by atoms with Gasteiger partial charge in [0.2, 0.25) is 0 Å². The van der Waals surface area contributed by atoms with E-state index < -0.39 is 0 Å². The van der Waals surface area contributed by atoms with E-state index in [1.54, 1.807) is 7.11 Å². The Kier molecular flexibility index (Phi) is 5.19. The van der Waals surface area contributed by atoms with Gasteiger partial charge in [-0.05, 0) is 24.5 Å². The van der Waals surface area contributed by atoms with Crippen molar-refractivity contribution < 1.29 is 4.74 Å². The maximum absolute atomic E-state index is 5.42. The van der Waals surface area contributed by atoms with E-state index >= 15 is 0 Å². The van der Waals surface area contributed by atoms with Crippen molar-refractivity contribution >= 4 is 0 Å². The quantitative estimate of drug-likeness (QED) is 0.850. The summed E-state index contributed by atoms with van der Waals surface area (Å²) in [6.07, 6.45) is 0. The topological polar surface area (TPSA) is 21.3 Å². The summed E-state index contributed by atoms with van der Waals surface area (Å²) in [7, 11) is 1.72. The Morgan fingerprint density at radius 3 is 2.30 bits per heavy atom. The minimum absolute atomic E-state index is 0.275. The molecule has 20 heavy (non-hydrogen) atoms. The summed E-state index contributed by atoms with van der Waals surface area (Å²) in [6, 6.07) is 19.1. The highest BCUT2D eigenvalue weighted by molar-refractivity contribution is 5.35. The molecule has 1 N–H and O–H groups in total. The van der Waals surface area contributed by atoms with E-state index in [9.17, 15) is 0 Å². The predicted molar refractivity (Wildman–Crippen MR) is 84.3 cm³/mol. The summed E-state index contributed by atoms with van der Waals surface area (Å²) in [5.74, 6) is 1.44. The van der Waals surface area contributed by atoms with Gasteiger partial charge in [0.15, 0.2) is 0 Å². The first kappa shape index (κ1) is 14.6. The number of hydrogen-bond donors (Lipinski definition) is 1. The molecular formula is C18H23NO. The Morgan fingerprint density at radius 1 is 0.950 bits per heavy atom. The van der Waals surface area contributed by atoms with Crippen molar-refractivity contribution in [2.45, 2.75) is 25.8 Å². The normalized spacial score (nSPS) is 13.8. The Labute approximate surface area is 121 Å². The zero-order chi connectivity index (χ0) is 14.4. The van der Waals surface area contributed by atoms with E-state index in [0.29, 0.717) is 5.92 Å². The Bertz CT molecular complexity index is 524. The maximum Gasteiger partial charge on any atom is 0.123 e. The standard InChI is InChI=1S/C18H23NO/c1-14(16-9-5-4-6-10-16)13-19-15(2)17-11-7-8-12-18(17)20-3/h4-12,14-15,19H,13H2,1-3H3/t14?,15-/m0/s1. The van der Waals surface area contributed by atoms with Gasteiger partial charge in [-0.2, -0.15) is 0 Å². The van der Waals surface area contributed by atoms with Crippen LogP contribution in [-0.4, -0.2) is 13.7 Å². The number of rotatable bonds is 6. The third-order valence-corrected chi connectivity index (χ3v) is 3.70. The van der Waals surface area contributed by atoms with Gasteiger partial charge in [-0.25, -0.2) is 0 Å². The SMILES string of the molecule is COc1ccccc1[C@H](C)NCC(C)c1ccccc1. The first-order valence-corrected chi connectivity index (χ1v) is 7.13. The molecule has 2 rings (SSSR count). The highest BCUT2D eigenvalue weighted by Gasteiger charge is 2.12. The van der Waals surface area contributed by atoms with Gasteiger partial charge in [0, 0.05) is 18.2 Å². The molecule has 0 radical (unpaired) electrons. The van der Waals surface area contributed by atoms with Crippen molar-refractivity contribution in [3.05, 3.63) is 65.7 Å². The third-order valence-electron chi connectivity index (χ3n) is 3.70. The van der Waals surface area contributed by atoms with Crippen LogP contribution in [0.2, 0.25) is 0 Å². The van der Waals surface area contributed by atoms with E-state index in [1.807, 2.05) is 12.1 Å². The highest BCUT2D eigenvalue weighted by Crippen LogP contribution is 2.25. The number of nitrogens with one attached hydrogen (secondary N) is 1. The molecule has 2 nitrogen and oxygen atoms in total. The second-order valence-corrected chi connectivity index (χ2v) is 5.18. The van der Waals surface area contributed by atoms with Crippen LogP contribution in [0.1, 0.15) is 36.9 Å². The molecule has 0 saturated carbocycles. The first-order valence-electron chi connectivity index (χ1n) is 7.13. The van der Waals surface area contributed by atoms with Crippen LogP contribution in [0.4, 0.5) is 0 Å². The summed E-state index contributed by atoms with van der Waals surface area (Å²) in [4.78, 5) is 0. The molecule has 0 fully saturated rings. The van der Waals surface area contributed by atoms with Crippen molar-refractivity contribution in [3.63, 3.8) is 0 Å². The van der Waals surface area contributed by atoms with Gasteiger partial charge in [-0.15, -0.1) is 0 Å². The van der Waals surface area contributed by atoms with Crippen LogP contribution in [0.5, 0.6) is 5.75 Å². The van der Waals surface area contributed by atoms with Crippen LogP contribution in [0.25, 0.3) is 0 Å². The molecule has 0 spiro atoms. The number of ether oxygens (including phenoxy) is 1. The van der Waals surface area contributed by atoms with E-state index in [-0.39, 0.29) is 6.04 Å². The lowest BCUT2D eigenvalue weighted by atomic mass is 10.00. The number of hydrogen-bond acceptors (Lipinski definition) is 2. The van der Waals surface area contributed by atoms with Gasteiger partial charge < -0.3 is 10.1 Å². The number of benzene rings is 2. The van der Waals surface area contributed by atoms with Crippen LogP contribution in [0.15, 0.2) is 54.6 Å². The molecule has 0 amide bonds. The molecule has 2 atom stereocenters. The lowest BCUT2D eigenvalue weighted by Gasteiger charge is -2.20. The Balaban J connectivity index is 1.97. The zero-order valence-electron chi connectivity index (χ0n) is 12.5. The largest absolute Gasteiger partial charge is 0.496 e. The summed E-state index contributed by atoms with van der Waals surface area (Å²) in [5, 5.41) is 3.59. The molecular weight excluding hydrogens is 246 g/mol. The Morgan fingerprint density at radius 2 is 1.60 bits per heavy atom. The number of methoxy groups -OCH3 is 1. The van der Waals surface area contributed by atoms with E-state index in [4.69, 9.17) is 4.74 Å². The predicted octanol–water partition coefficient (Wildman–Crippen LogP) is 4.15. The molecule has 1 unspecified atom stereocenters. The van der Waals surface area contributed by atoms with Gasteiger partial charge >= 0.3 is 0 Å². The van der Waals surface area contributed by atoms with Crippen LogP contribution in [-0.2, 0) is 0 Å². The summed E-state index contributed by atoms with van der Waals surface area (Å²) < 4.78 is 5.42. The average Bonchev–Trinajstić information content (AvgIpc) is 2.53. The fourth-order valence-corrected chi connectivity index (χ4v) is 2.39. The molecule has 2 aromatic rings. The molecule has 0 aliphatic carbocycles. The molecule has 0 aliphatic heterocycles. The van der Waals surface area contributed by atoms with Crippen LogP contribution < -0.4 is 10.1 Å². The van der Waals surface area contributed by atoms with Crippen molar-refractivity contribution in [1.29, 1.82) is 0 Å². The van der Waals surface area contributed by atoms with Gasteiger partial charge in [0.1, 0.15) is 5.75 Å². The average molecular weight is 269 g/mol. The van der Waals surface area contributed by atoms with Gasteiger partial charge in [0.05, 0.1) is 7.11 Å². The second kappa shape index (κ2) is 7.11. The Hall–Kier alpha value is -1.80. The van der Waals surface area contributed by atoms with Crippen LogP contribution in [0.3, 0.4) is 0 Å². The van der Waals surface area contributed by atoms with Crippen molar-refractivity contribution in [3.8, 4) is 5.75 Å². The lowest BCUT2D eigenvalue weighted by molar-refractivity contribution is 0.400. The van der Waals surface area contributed by atoms with E-state index in [0.717, 1.165) is 12.3 Å². The van der Waals surface area contributed by atoms with Crippen LogP contribution >= 0.6 is 0 Å². The van der Waals surface area contributed by atoms with Gasteiger partial charge in [-0.1, -0.05) is 55.5 Å². The molecule has 0 bridgehead atoms. The van der Waals surface area contributed by atoms with E-state index in [1.165, 1.54) is 11.1 Å². The summed E-state index contributed by atoms with van der Waals surface area (Å²) >= 11 is 0. The fraction of sp³-hybridized carbons (Fsp3) is 0.333. The molecule has 106 valence electrons. The second-order valence-electron chi connectivity index (χ2n) is 5.18.